The van der Waals surface area contributed by atoms with E-state index in [2.05, 4.69) is 16.0 Å². The molecule has 3 aromatic rings. The molecule has 0 spiro atoms. The van der Waals surface area contributed by atoms with Crippen LogP contribution < -0.4 is 20.9 Å². The lowest BCUT2D eigenvalue weighted by molar-refractivity contribution is 0.252. The lowest BCUT2D eigenvalue weighted by Gasteiger charge is -2.24. The van der Waals surface area contributed by atoms with Gasteiger partial charge in [-0.2, -0.15) is 0 Å². The monoisotopic (exact) mass is 420 g/mol. The zero-order chi connectivity index (χ0) is 22.1. The molecule has 4 amide bonds. The van der Waals surface area contributed by atoms with E-state index in [4.69, 9.17) is 0 Å². The van der Waals surface area contributed by atoms with Gasteiger partial charge in [-0.1, -0.05) is 48.5 Å². The first-order valence-electron chi connectivity index (χ1n) is 10.0. The molecule has 0 aliphatic rings. The van der Waals surface area contributed by atoms with Crippen LogP contribution in [0, 0.1) is 12.7 Å². The molecule has 0 saturated heterocycles. The minimum atomic E-state index is -0.499. The van der Waals surface area contributed by atoms with Crippen molar-refractivity contribution in [3.05, 3.63) is 90.2 Å². The molecule has 0 aliphatic heterocycles. The lowest BCUT2D eigenvalue weighted by Crippen LogP contribution is -2.38. The van der Waals surface area contributed by atoms with Gasteiger partial charge in [-0.25, -0.2) is 14.0 Å². The van der Waals surface area contributed by atoms with E-state index in [9.17, 15) is 14.0 Å². The van der Waals surface area contributed by atoms with E-state index >= 15 is 0 Å². The van der Waals surface area contributed by atoms with Crippen LogP contribution in [0.4, 0.5) is 31.0 Å². The van der Waals surface area contributed by atoms with Crippen molar-refractivity contribution in [3.63, 3.8) is 0 Å². The first-order valence-corrected chi connectivity index (χ1v) is 10.0. The Morgan fingerprint density at radius 3 is 2.19 bits per heavy atom. The van der Waals surface area contributed by atoms with E-state index in [1.807, 2.05) is 61.5 Å². The molecule has 0 heterocycles. The molecule has 0 bridgehead atoms. The number of urea groups is 2. The van der Waals surface area contributed by atoms with E-state index < -0.39 is 11.8 Å². The zero-order valence-electron chi connectivity index (χ0n) is 17.3. The van der Waals surface area contributed by atoms with E-state index in [-0.39, 0.29) is 11.7 Å². The van der Waals surface area contributed by atoms with Crippen LogP contribution in [0.25, 0.3) is 0 Å². The molecule has 6 nitrogen and oxygen atoms in total. The molecular weight excluding hydrogens is 395 g/mol. The van der Waals surface area contributed by atoms with Crippen LogP contribution in [-0.4, -0.2) is 25.2 Å². The summed E-state index contributed by atoms with van der Waals surface area (Å²) in [5.41, 5.74) is 2.58. The van der Waals surface area contributed by atoms with Gasteiger partial charge in [0.15, 0.2) is 0 Å². The molecule has 160 valence electrons. The molecule has 0 saturated carbocycles. The number of hydrogen-bond acceptors (Lipinski definition) is 2. The number of benzene rings is 3. The molecule has 0 radical (unpaired) electrons. The van der Waals surface area contributed by atoms with Gasteiger partial charge < -0.3 is 16.0 Å². The predicted molar refractivity (Wildman–Crippen MR) is 122 cm³/mol. The summed E-state index contributed by atoms with van der Waals surface area (Å²) in [6, 6.07) is 22.1. The summed E-state index contributed by atoms with van der Waals surface area (Å²) in [6.07, 6.45) is 0.515. The third-order valence-electron chi connectivity index (χ3n) is 4.67. The number of amides is 4. The largest absolute Gasteiger partial charge is 0.338 e. The fourth-order valence-electron chi connectivity index (χ4n) is 3.02. The van der Waals surface area contributed by atoms with E-state index in [1.165, 1.54) is 12.1 Å². The first-order chi connectivity index (χ1) is 15.0. The van der Waals surface area contributed by atoms with E-state index in [0.29, 0.717) is 19.5 Å². The Kier molecular flexibility index (Phi) is 7.59. The summed E-state index contributed by atoms with van der Waals surface area (Å²) in [4.78, 5) is 26.6. The minimum absolute atomic E-state index is 0.114. The van der Waals surface area contributed by atoms with Crippen molar-refractivity contribution in [2.75, 3.05) is 28.6 Å². The highest BCUT2D eigenvalue weighted by Crippen LogP contribution is 2.18. The summed E-state index contributed by atoms with van der Waals surface area (Å²) in [6.45, 7) is 2.64. The Morgan fingerprint density at radius 1 is 0.839 bits per heavy atom. The number of carbonyl (C=O) groups excluding carboxylic acids is 2. The second-order valence-electron chi connectivity index (χ2n) is 6.95. The predicted octanol–water partition coefficient (Wildman–Crippen LogP) is 5.38. The average molecular weight is 420 g/mol. The maximum atomic E-state index is 13.6. The first kappa shape index (κ1) is 21.8. The zero-order valence-corrected chi connectivity index (χ0v) is 17.3. The van der Waals surface area contributed by atoms with Gasteiger partial charge >= 0.3 is 12.1 Å². The van der Waals surface area contributed by atoms with Crippen molar-refractivity contribution >= 4 is 29.1 Å². The maximum absolute atomic E-state index is 13.6. The summed E-state index contributed by atoms with van der Waals surface area (Å²) in [7, 11) is 0. The number of rotatable bonds is 7. The summed E-state index contributed by atoms with van der Waals surface area (Å²) in [5.74, 6) is -0.499. The highest BCUT2D eigenvalue weighted by Gasteiger charge is 2.16. The van der Waals surface area contributed by atoms with Gasteiger partial charge in [0, 0.05) is 24.5 Å². The highest BCUT2D eigenvalue weighted by atomic mass is 19.1. The number of halogens is 1. The number of hydrogen-bond donors (Lipinski definition) is 3. The SMILES string of the molecule is Cc1ccccc1NC(=O)N(CCCNC(=O)Nc1ccccc1F)c1ccccc1. The van der Waals surface area contributed by atoms with Crippen molar-refractivity contribution in [2.45, 2.75) is 13.3 Å². The fourth-order valence-corrected chi connectivity index (χ4v) is 3.02. The van der Waals surface area contributed by atoms with Gasteiger partial charge in [-0.05, 0) is 49.2 Å². The van der Waals surface area contributed by atoms with Gasteiger partial charge in [0.2, 0.25) is 0 Å². The van der Waals surface area contributed by atoms with Crippen molar-refractivity contribution in [3.8, 4) is 0 Å². The Morgan fingerprint density at radius 2 is 1.48 bits per heavy atom. The second-order valence-corrected chi connectivity index (χ2v) is 6.95. The van der Waals surface area contributed by atoms with E-state index in [1.54, 1.807) is 17.0 Å². The van der Waals surface area contributed by atoms with Crippen LogP contribution in [0.1, 0.15) is 12.0 Å². The topological polar surface area (TPSA) is 73.5 Å². The van der Waals surface area contributed by atoms with Crippen LogP contribution in [0.3, 0.4) is 0 Å². The normalized spacial score (nSPS) is 10.3. The van der Waals surface area contributed by atoms with Gasteiger partial charge in [-0.3, -0.25) is 4.90 Å². The molecule has 3 N–H and O–H groups in total. The van der Waals surface area contributed by atoms with Crippen molar-refractivity contribution in [1.29, 1.82) is 0 Å². The van der Waals surface area contributed by atoms with Crippen molar-refractivity contribution in [1.82, 2.24) is 5.32 Å². The number of nitrogens with one attached hydrogen (secondary N) is 3. The second kappa shape index (κ2) is 10.8. The Balaban J connectivity index is 1.57. The lowest BCUT2D eigenvalue weighted by atomic mass is 10.2. The van der Waals surface area contributed by atoms with E-state index in [0.717, 1.165) is 16.9 Å². The van der Waals surface area contributed by atoms with Crippen molar-refractivity contribution in [2.24, 2.45) is 0 Å². The molecule has 31 heavy (non-hydrogen) atoms. The molecule has 0 atom stereocenters. The molecule has 7 heteroatoms. The third-order valence-corrected chi connectivity index (χ3v) is 4.67. The van der Waals surface area contributed by atoms with Gasteiger partial charge in [0.25, 0.3) is 0 Å². The quantitative estimate of drug-likeness (QED) is 0.449. The fraction of sp³-hybridized carbons (Fsp3) is 0.167. The van der Waals surface area contributed by atoms with Crippen LogP contribution in [0.2, 0.25) is 0 Å². The molecule has 3 aromatic carbocycles. The Hall–Kier alpha value is -3.87. The third kappa shape index (κ3) is 6.30. The molecule has 3 rings (SSSR count). The Bertz CT molecular complexity index is 1030. The molecule has 0 aliphatic carbocycles. The Labute approximate surface area is 181 Å². The maximum Gasteiger partial charge on any atom is 0.326 e. The van der Waals surface area contributed by atoms with Crippen molar-refractivity contribution < 1.29 is 14.0 Å². The van der Waals surface area contributed by atoms with Crippen LogP contribution in [-0.2, 0) is 0 Å². The van der Waals surface area contributed by atoms with Crippen LogP contribution in [0.5, 0.6) is 0 Å². The molecule has 0 unspecified atom stereocenters. The summed E-state index contributed by atoms with van der Waals surface area (Å²) in [5, 5.41) is 8.10. The number of para-hydroxylation sites is 3. The summed E-state index contributed by atoms with van der Waals surface area (Å²) >= 11 is 0. The average Bonchev–Trinajstić information content (AvgIpc) is 2.77. The minimum Gasteiger partial charge on any atom is -0.338 e. The van der Waals surface area contributed by atoms with Crippen LogP contribution >= 0.6 is 0 Å². The standard InChI is InChI=1S/C24H25FN4O2/c1-18-10-5-7-14-21(18)28-24(31)29(19-11-3-2-4-12-19)17-9-16-26-23(30)27-22-15-8-6-13-20(22)25/h2-8,10-15H,9,16-17H2,1H3,(H,28,31)(H2,26,27,30). The number of aryl methyl sites for hydroxylation is 1. The number of nitrogens with zero attached hydrogens (tertiary/aromatic N) is 1. The van der Waals surface area contributed by atoms with Gasteiger partial charge in [-0.15, -0.1) is 0 Å². The van der Waals surface area contributed by atoms with Gasteiger partial charge in [0.05, 0.1) is 5.69 Å². The number of carbonyl (C=O) groups is 2. The number of anilines is 3. The molecular formula is C24H25FN4O2. The molecule has 0 fully saturated rings. The van der Waals surface area contributed by atoms with Gasteiger partial charge in [0.1, 0.15) is 5.82 Å². The summed E-state index contributed by atoms with van der Waals surface area (Å²) < 4.78 is 13.6. The highest BCUT2D eigenvalue weighted by molar-refractivity contribution is 6.02. The molecule has 0 aromatic heterocycles. The smallest absolute Gasteiger partial charge is 0.326 e. The van der Waals surface area contributed by atoms with Crippen LogP contribution in [0.15, 0.2) is 78.9 Å².